The van der Waals surface area contributed by atoms with E-state index in [0.29, 0.717) is 10.9 Å². The summed E-state index contributed by atoms with van der Waals surface area (Å²) in [6.07, 6.45) is -0.458. The molecule has 5 nitrogen and oxygen atoms in total. The van der Waals surface area contributed by atoms with E-state index in [2.05, 4.69) is 10.6 Å². The van der Waals surface area contributed by atoms with Gasteiger partial charge in [0.05, 0.1) is 13.2 Å². The number of nitrogens with one attached hydrogen (secondary N) is 2. The van der Waals surface area contributed by atoms with Gasteiger partial charge in [0.1, 0.15) is 11.4 Å². The van der Waals surface area contributed by atoms with Crippen molar-refractivity contribution < 1.29 is 14.3 Å². The molecule has 24 heavy (non-hydrogen) atoms. The molecule has 0 aliphatic carbocycles. The Kier molecular flexibility index (Phi) is 5.66. The van der Waals surface area contributed by atoms with E-state index >= 15 is 0 Å². The summed E-state index contributed by atoms with van der Waals surface area (Å²) in [5, 5.41) is 6.82. The van der Waals surface area contributed by atoms with E-state index in [-0.39, 0.29) is 6.04 Å². The van der Waals surface area contributed by atoms with Crippen molar-refractivity contribution in [2.24, 2.45) is 0 Å². The van der Waals surface area contributed by atoms with Crippen molar-refractivity contribution in [1.29, 1.82) is 0 Å². The fourth-order valence-electron chi connectivity index (χ4n) is 2.86. The highest BCUT2D eigenvalue weighted by atomic mass is 35.5. The van der Waals surface area contributed by atoms with E-state index in [9.17, 15) is 4.79 Å². The molecule has 134 valence electrons. The number of rotatable bonds is 4. The number of benzene rings is 1. The molecule has 0 saturated carbocycles. The van der Waals surface area contributed by atoms with E-state index in [1.54, 1.807) is 7.11 Å². The maximum absolute atomic E-state index is 12.1. The Morgan fingerprint density at radius 3 is 2.50 bits per heavy atom. The third-order valence-corrected chi connectivity index (χ3v) is 4.54. The van der Waals surface area contributed by atoms with E-state index in [1.165, 1.54) is 0 Å². The van der Waals surface area contributed by atoms with Crippen molar-refractivity contribution in [1.82, 2.24) is 10.6 Å². The minimum atomic E-state index is -0.540. The van der Waals surface area contributed by atoms with Gasteiger partial charge in [0.2, 0.25) is 0 Å². The number of methoxy groups -OCH3 is 1. The van der Waals surface area contributed by atoms with Gasteiger partial charge in [0.15, 0.2) is 0 Å². The summed E-state index contributed by atoms with van der Waals surface area (Å²) < 4.78 is 11.0. The van der Waals surface area contributed by atoms with Crippen LogP contribution in [0.4, 0.5) is 4.79 Å². The lowest BCUT2D eigenvalue weighted by Gasteiger charge is -2.32. The molecule has 1 amide bonds. The van der Waals surface area contributed by atoms with Gasteiger partial charge in [0.25, 0.3) is 0 Å². The number of ether oxygens (including phenoxy) is 2. The van der Waals surface area contributed by atoms with Gasteiger partial charge in [-0.15, -0.1) is 0 Å². The SMILES string of the molecule is COc1c(C(C)NC(=O)OC(C)(C)C)cc(Cl)c(C)c1C1CNC1. The van der Waals surface area contributed by atoms with E-state index < -0.39 is 11.7 Å². The summed E-state index contributed by atoms with van der Waals surface area (Å²) in [7, 11) is 1.65. The predicted molar refractivity (Wildman–Crippen MR) is 96.1 cm³/mol. The van der Waals surface area contributed by atoms with Crippen LogP contribution in [0.1, 0.15) is 56.3 Å². The van der Waals surface area contributed by atoms with Crippen molar-refractivity contribution in [3.63, 3.8) is 0 Å². The molecule has 0 spiro atoms. The van der Waals surface area contributed by atoms with Crippen LogP contribution in [-0.4, -0.2) is 31.9 Å². The molecule has 1 fully saturated rings. The summed E-state index contributed by atoms with van der Waals surface area (Å²) in [5.41, 5.74) is 2.48. The molecule has 0 aromatic heterocycles. The van der Waals surface area contributed by atoms with Gasteiger partial charge in [-0.2, -0.15) is 0 Å². The first-order chi connectivity index (χ1) is 11.1. The molecule has 1 unspecified atom stereocenters. The lowest BCUT2D eigenvalue weighted by atomic mass is 9.86. The highest BCUT2D eigenvalue weighted by Gasteiger charge is 2.29. The second kappa shape index (κ2) is 7.19. The highest BCUT2D eigenvalue weighted by molar-refractivity contribution is 6.31. The van der Waals surface area contributed by atoms with Crippen LogP contribution in [0, 0.1) is 6.92 Å². The number of hydrogen-bond donors (Lipinski definition) is 2. The Balaban J connectivity index is 2.31. The first-order valence-electron chi connectivity index (χ1n) is 8.21. The first-order valence-corrected chi connectivity index (χ1v) is 8.59. The number of carbonyl (C=O) groups is 1. The second-order valence-electron chi connectivity index (χ2n) is 7.24. The summed E-state index contributed by atoms with van der Waals surface area (Å²) in [5.74, 6) is 1.18. The Morgan fingerprint density at radius 2 is 2.04 bits per heavy atom. The van der Waals surface area contributed by atoms with Crippen LogP contribution in [0.15, 0.2) is 6.07 Å². The van der Waals surface area contributed by atoms with Crippen molar-refractivity contribution in [2.75, 3.05) is 20.2 Å². The van der Waals surface area contributed by atoms with Crippen LogP contribution in [0.2, 0.25) is 5.02 Å². The summed E-state index contributed by atoms with van der Waals surface area (Å²) >= 11 is 6.44. The van der Waals surface area contributed by atoms with Gasteiger partial charge in [-0.05, 0) is 46.2 Å². The Morgan fingerprint density at radius 1 is 1.42 bits per heavy atom. The monoisotopic (exact) mass is 354 g/mol. The Bertz CT molecular complexity index is 622. The highest BCUT2D eigenvalue weighted by Crippen LogP contribution is 2.41. The summed E-state index contributed by atoms with van der Waals surface area (Å²) in [4.78, 5) is 12.1. The quantitative estimate of drug-likeness (QED) is 0.860. The molecule has 1 aliphatic rings. The lowest BCUT2D eigenvalue weighted by Crippen LogP contribution is -2.40. The first kappa shape index (κ1) is 18.9. The lowest BCUT2D eigenvalue weighted by molar-refractivity contribution is 0.0507. The van der Waals surface area contributed by atoms with E-state index in [1.807, 2.05) is 40.7 Å². The fourth-order valence-corrected chi connectivity index (χ4v) is 3.08. The van der Waals surface area contributed by atoms with Crippen LogP contribution < -0.4 is 15.4 Å². The van der Waals surface area contributed by atoms with Gasteiger partial charge < -0.3 is 20.1 Å². The number of hydrogen-bond acceptors (Lipinski definition) is 4. The van der Waals surface area contributed by atoms with E-state index in [4.69, 9.17) is 21.1 Å². The maximum atomic E-state index is 12.1. The molecule has 2 rings (SSSR count). The maximum Gasteiger partial charge on any atom is 0.408 e. The molecule has 0 radical (unpaired) electrons. The van der Waals surface area contributed by atoms with Crippen molar-refractivity contribution in [3.8, 4) is 5.75 Å². The standard InChI is InChI=1S/C18H27ClN2O3/c1-10-14(19)7-13(11(2)21-17(22)24-18(3,4)5)16(23-6)15(10)12-8-20-9-12/h7,11-12,20H,8-9H2,1-6H3,(H,21,22). The predicted octanol–water partition coefficient (Wildman–Crippen LogP) is 3.93. The number of alkyl carbamates (subject to hydrolysis) is 1. The molecular formula is C18H27ClN2O3. The van der Waals surface area contributed by atoms with Gasteiger partial charge in [-0.3, -0.25) is 0 Å². The molecule has 1 heterocycles. The third-order valence-electron chi connectivity index (χ3n) is 4.14. The molecule has 1 aliphatic heterocycles. The van der Waals surface area contributed by atoms with Gasteiger partial charge in [0, 0.05) is 35.2 Å². The number of halogens is 1. The fraction of sp³-hybridized carbons (Fsp3) is 0.611. The summed E-state index contributed by atoms with van der Waals surface area (Å²) in [6.45, 7) is 11.2. The van der Waals surface area contributed by atoms with Crippen molar-refractivity contribution in [2.45, 2.75) is 52.2 Å². The van der Waals surface area contributed by atoms with Crippen LogP contribution in [0.5, 0.6) is 5.75 Å². The van der Waals surface area contributed by atoms with Crippen molar-refractivity contribution >= 4 is 17.7 Å². The van der Waals surface area contributed by atoms with Gasteiger partial charge in [-0.1, -0.05) is 11.6 Å². The van der Waals surface area contributed by atoms with Gasteiger partial charge >= 0.3 is 6.09 Å². The minimum Gasteiger partial charge on any atom is -0.496 e. The zero-order chi connectivity index (χ0) is 18.1. The van der Waals surface area contributed by atoms with Gasteiger partial charge in [-0.25, -0.2) is 4.79 Å². The van der Waals surface area contributed by atoms with Crippen LogP contribution in [-0.2, 0) is 4.74 Å². The Hall–Kier alpha value is -1.46. The van der Waals surface area contributed by atoms with Crippen molar-refractivity contribution in [3.05, 3.63) is 27.8 Å². The molecule has 1 aromatic carbocycles. The minimum absolute atomic E-state index is 0.278. The smallest absolute Gasteiger partial charge is 0.408 e. The molecule has 1 atom stereocenters. The van der Waals surface area contributed by atoms with E-state index in [0.717, 1.165) is 35.5 Å². The molecule has 2 N–H and O–H groups in total. The number of carbonyl (C=O) groups excluding carboxylic acids is 1. The molecule has 1 saturated heterocycles. The average molecular weight is 355 g/mol. The average Bonchev–Trinajstić information content (AvgIpc) is 2.39. The zero-order valence-electron chi connectivity index (χ0n) is 15.2. The topological polar surface area (TPSA) is 59.6 Å². The molecular weight excluding hydrogens is 328 g/mol. The van der Waals surface area contributed by atoms with Crippen LogP contribution >= 0.6 is 11.6 Å². The Labute approximate surface area is 149 Å². The largest absolute Gasteiger partial charge is 0.496 e. The normalized spacial score (nSPS) is 16.3. The van der Waals surface area contributed by atoms with Crippen LogP contribution in [0.25, 0.3) is 0 Å². The van der Waals surface area contributed by atoms with Crippen LogP contribution in [0.3, 0.4) is 0 Å². The summed E-state index contributed by atoms with van der Waals surface area (Å²) in [6, 6.07) is 1.59. The molecule has 0 bridgehead atoms. The molecule has 1 aromatic rings. The number of amides is 1. The third kappa shape index (κ3) is 4.14. The second-order valence-corrected chi connectivity index (χ2v) is 7.65. The molecule has 6 heteroatoms. The zero-order valence-corrected chi connectivity index (χ0v) is 16.0.